The fourth-order valence-electron chi connectivity index (χ4n) is 3.26. The maximum atomic E-state index is 12.7. The Bertz CT molecular complexity index is 645. The Hall–Kier alpha value is -1.27. The van der Waals surface area contributed by atoms with Gasteiger partial charge in [0.1, 0.15) is 12.4 Å². The molecule has 0 radical (unpaired) electrons. The number of likely N-dealkylation sites (N-methyl/N-ethyl adjacent to an activating group) is 1. The Labute approximate surface area is 132 Å². The number of benzene rings is 1. The summed E-state index contributed by atoms with van der Waals surface area (Å²) in [5.41, 5.74) is 0.839. The van der Waals surface area contributed by atoms with E-state index in [9.17, 15) is 8.42 Å². The van der Waals surface area contributed by atoms with Gasteiger partial charge >= 0.3 is 0 Å². The van der Waals surface area contributed by atoms with E-state index < -0.39 is 10.0 Å². The van der Waals surface area contributed by atoms with Gasteiger partial charge in [-0.15, -0.1) is 0 Å². The van der Waals surface area contributed by atoms with Gasteiger partial charge in [-0.1, -0.05) is 19.8 Å². The molecule has 1 N–H and O–H groups in total. The number of sulfonamides is 1. The van der Waals surface area contributed by atoms with E-state index in [4.69, 9.17) is 4.74 Å². The predicted octanol–water partition coefficient (Wildman–Crippen LogP) is 2.37. The highest BCUT2D eigenvalue weighted by molar-refractivity contribution is 7.89. The molecule has 6 heteroatoms. The average Bonchev–Trinajstić information content (AvgIpc) is 2.49. The highest BCUT2D eigenvalue weighted by Gasteiger charge is 2.28. The minimum atomic E-state index is -3.48. The molecule has 5 nitrogen and oxygen atoms in total. The minimum Gasteiger partial charge on any atom is -0.490 e. The second-order valence-electron chi connectivity index (χ2n) is 6.39. The zero-order valence-corrected chi connectivity index (χ0v) is 14.0. The molecule has 0 bridgehead atoms. The Balaban J connectivity index is 1.84. The van der Waals surface area contributed by atoms with Crippen molar-refractivity contribution in [1.82, 2.24) is 4.72 Å². The standard InChI is InChI=1S/C16H24N2O3S/c1-12-5-3-4-6-14(12)17-22(19,20)13-7-8-16-15(11-13)18(2)9-10-21-16/h7-8,11-12,14,17H,3-6,9-10H2,1-2H3. The van der Waals surface area contributed by atoms with Crippen molar-refractivity contribution in [1.29, 1.82) is 0 Å². The molecule has 2 aliphatic rings. The van der Waals surface area contributed by atoms with Gasteiger partial charge in [0.25, 0.3) is 0 Å². The molecule has 1 aromatic rings. The lowest BCUT2D eigenvalue weighted by Crippen LogP contribution is -2.41. The van der Waals surface area contributed by atoms with Crippen LogP contribution in [0.25, 0.3) is 0 Å². The molecule has 0 spiro atoms. The topological polar surface area (TPSA) is 58.6 Å². The van der Waals surface area contributed by atoms with Crippen LogP contribution in [0.5, 0.6) is 5.75 Å². The van der Waals surface area contributed by atoms with E-state index in [1.165, 1.54) is 6.42 Å². The van der Waals surface area contributed by atoms with Crippen LogP contribution < -0.4 is 14.4 Å². The molecule has 2 unspecified atom stereocenters. The van der Waals surface area contributed by atoms with Crippen LogP contribution in [0.4, 0.5) is 5.69 Å². The number of rotatable bonds is 3. The first-order valence-electron chi connectivity index (χ1n) is 7.98. The first-order valence-corrected chi connectivity index (χ1v) is 9.46. The lowest BCUT2D eigenvalue weighted by Gasteiger charge is -2.30. The fourth-order valence-corrected chi connectivity index (χ4v) is 4.66. The molecule has 0 amide bonds. The molecular weight excluding hydrogens is 300 g/mol. The molecule has 1 saturated carbocycles. The van der Waals surface area contributed by atoms with Gasteiger partial charge in [0, 0.05) is 13.1 Å². The van der Waals surface area contributed by atoms with Crippen LogP contribution in [0.15, 0.2) is 23.1 Å². The SMILES string of the molecule is CC1CCCCC1NS(=O)(=O)c1ccc2c(c1)N(C)CCO2. The molecule has 2 atom stereocenters. The first kappa shape index (κ1) is 15.6. The molecule has 1 fully saturated rings. The molecule has 22 heavy (non-hydrogen) atoms. The van der Waals surface area contributed by atoms with Crippen molar-refractivity contribution in [2.45, 2.75) is 43.5 Å². The third kappa shape index (κ3) is 3.08. The van der Waals surface area contributed by atoms with Crippen molar-refractivity contribution >= 4 is 15.7 Å². The van der Waals surface area contributed by atoms with Crippen LogP contribution in [0.1, 0.15) is 32.6 Å². The van der Waals surface area contributed by atoms with Gasteiger partial charge in [0.15, 0.2) is 0 Å². The van der Waals surface area contributed by atoms with Crippen molar-refractivity contribution in [2.24, 2.45) is 5.92 Å². The fraction of sp³-hybridized carbons (Fsp3) is 0.625. The van der Waals surface area contributed by atoms with Crippen LogP contribution in [0.3, 0.4) is 0 Å². The predicted molar refractivity (Wildman–Crippen MR) is 86.9 cm³/mol. The number of anilines is 1. The summed E-state index contributed by atoms with van der Waals surface area (Å²) in [6.07, 6.45) is 4.31. The first-order chi connectivity index (χ1) is 10.5. The van der Waals surface area contributed by atoms with Crippen molar-refractivity contribution in [3.8, 4) is 5.75 Å². The smallest absolute Gasteiger partial charge is 0.240 e. The highest BCUT2D eigenvalue weighted by atomic mass is 32.2. The van der Waals surface area contributed by atoms with E-state index in [1.807, 2.05) is 11.9 Å². The third-order valence-electron chi connectivity index (χ3n) is 4.75. The van der Waals surface area contributed by atoms with Crippen LogP contribution in [0, 0.1) is 5.92 Å². The summed E-state index contributed by atoms with van der Waals surface area (Å²) in [7, 11) is -1.53. The number of hydrogen-bond donors (Lipinski definition) is 1. The third-order valence-corrected chi connectivity index (χ3v) is 6.24. The molecule has 122 valence electrons. The zero-order valence-electron chi connectivity index (χ0n) is 13.2. The Kier molecular flexibility index (Phi) is 4.32. The Morgan fingerprint density at radius 3 is 2.82 bits per heavy atom. The lowest BCUT2D eigenvalue weighted by molar-refractivity contribution is 0.309. The second kappa shape index (κ2) is 6.08. The summed E-state index contributed by atoms with van der Waals surface area (Å²) in [5, 5.41) is 0. The largest absolute Gasteiger partial charge is 0.490 e. The van der Waals surface area contributed by atoms with Gasteiger partial charge in [-0.05, 0) is 37.0 Å². The molecule has 0 aromatic heterocycles. The zero-order chi connectivity index (χ0) is 15.7. The van der Waals surface area contributed by atoms with Gasteiger partial charge < -0.3 is 9.64 Å². The van der Waals surface area contributed by atoms with Crippen LogP contribution in [0.2, 0.25) is 0 Å². The average molecular weight is 324 g/mol. The monoisotopic (exact) mass is 324 g/mol. The van der Waals surface area contributed by atoms with Crippen LogP contribution >= 0.6 is 0 Å². The summed E-state index contributed by atoms with van der Waals surface area (Å²) < 4.78 is 33.8. The molecule has 1 heterocycles. The Morgan fingerprint density at radius 2 is 2.05 bits per heavy atom. The van der Waals surface area contributed by atoms with Crippen LogP contribution in [-0.4, -0.2) is 34.7 Å². The normalized spacial score (nSPS) is 25.5. The highest BCUT2D eigenvalue weighted by Crippen LogP contribution is 2.33. The molecule has 1 aromatic carbocycles. The maximum absolute atomic E-state index is 12.7. The molecule has 1 aliphatic heterocycles. The van der Waals surface area contributed by atoms with Crippen molar-refractivity contribution in [2.75, 3.05) is 25.1 Å². The second-order valence-corrected chi connectivity index (χ2v) is 8.10. The lowest BCUT2D eigenvalue weighted by atomic mass is 9.87. The maximum Gasteiger partial charge on any atom is 0.240 e. The summed E-state index contributed by atoms with van der Waals surface area (Å²) in [6.45, 7) is 3.53. The van der Waals surface area contributed by atoms with E-state index >= 15 is 0 Å². The number of nitrogens with zero attached hydrogens (tertiary/aromatic N) is 1. The summed E-state index contributed by atoms with van der Waals surface area (Å²) in [6, 6.07) is 5.14. The Morgan fingerprint density at radius 1 is 1.27 bits per heavy atom. The van der Waals surface area contributed by atoms with E-state index in [2.05, 4.69) is 11.6 Å². The number of hydrogen-bond acceptors (Lipinski definition) is 4. The van der Waals surface area contributed by atoms with Gasteiger partial charge in [0.2, 0.25) is 10.0 Å². The van der Waals surface area contributed by atoms with Crippen molar-refractivity contribution < 1.29 is 13.2 Å². The number of fused-ring (bicyclic) bond motifs is 1. The van der Waals surface area contributed by atoms with Crippen molar-refractivity contribution in [3.05, 3.63) is 18.2 Å². The molecule has 3 rings (SSSR count). The molecule has 0 saturated heterocycles. The molecular formula is C16H24N2O3S. The summed E-state index contributed by atoms with van der Waals surface area (Å²) in [4.78, 5) is 2.35. The van der Waals surface area contributed by atoms with Crippen LogP contribution in [-0.2, 0) is 10.0 Å². The molecule has 1 aliphatic carbocycles. The van der Waals surface area contributed by atoms with E-state index in [1.54, 1.807) is 18.2 Å². The summed E-state index contributed by atoms with van der Waals surface area (Å²) in [5.74, 6) is 1.14. The van der Waals surface area contributed by atoms with Gasteiger partial charge in [-0.3, -0.25) is 0 Å². The minimum absolute atomic E-state index is 0.0451. The van der Waals surface area contributed by atoms with Gasteiger partial charge in [0.05, 0.1) is 17.1 Å². The summed E-state index contributed by atoms with van der Waals surface area (Å²) >= 11 is 0. The van der Waals surface area contributed by atoms with Gasteiger partial charge in [-0.25, -0.2) is 13.1 Å². The van der Waals surface area contributed by atoms with Crippen molar-refractivity contribution in [3.63, 3.8) is 0 Å². The number of nitrogens with one attached hydrogen (secondary N) is 1. The van der Waals surface area contributed by atoms with Gasteiger partial charge in [-0.2, -0.15) is 0 Å². The van der Waals surface area contributed by atoms with E-state index in [0.29, 0.717) is 17.4 Å². The van der Waals surface area contributed by atoms with E-state index in [-0.39, 0.29) is 6.04 Å². The van der Waals surface area contributed by atoms with E-state index in [0.717, 1.165) is 37.2 Å². The quantitative estimate of drug-likeness (QED) is 0.927. The number of ether oxygens (including phenoxy) is 1.